The Morgan fingerprint density at radius 1 is 1.05 bits per heavy atom. The standard InChI is InChI=1S/C15H12Cl2FNO/c16-8-1-3-12(18)10(5-8)15-7-13(19)11-6-9(17)2-4-14(11)20-15/h1-6,13,15H,7,19H2/t13-,15?/m1/s1. The summed E-state index contributed by atoms with van der Waals surface area (Å²) in [6.45, 7) is 0. The van der Waals surface area contributed by atoms with E-state index in [1.54, 1.807) is 24.3 Å². The number of fused-ring (bicyclic) bond motifs is 1. The molecule has 2 aromatic rings. The van der Waals surface area contributed by atoms with Crippen molar-refractivity contribution in [3.05, 3.63) is 63.4 Å². The van der Waals surface area contributed by atoms with Crippen LogP contribution in [0.5, 0.6) is 5.75 Å². The zero-order valence-electron chi connectivity index (χ0n) is 10.4. The van der Waals surface area contributed by atoms with E-state index >= 15 is 0 Å². The lowest BCUT2D eigenvalue weighted by Gasteiger charge is -2.31. The van der Waals surface area contributed by atoms with Crippen LogP contribution < -0.4 is 10.5 Å². The fourth-order valence-corrected chi connectivity index (χ4v) is 2.79. The molecule has 3 rings (SSSR count). The summed E-state index contributed by atoms with van der Waals surface area (Å²) < 4.78 is 19.8. The van der Waals surface area contributed by atoms with E-state index in [1.807, 2.05) is 0 Å². The molecule has 0 saturated carbocycles. The second-order valence-corrected chi connectivity index (χ2v) is 5.67. The first-order valence-electron chi connectivity index (χ1n) is 6.21. The zero-order valence-corrected chi connectivity index (χ0v) is 12.0. The summed E-state index contributed by atoms with van der Waals surface area (Å²) >= 11 is 11.9. The molecule has 0 saturated heterocycles. The summed E-state index contributed by atoms with van der Waals surface area (Å²) in [5.74, 6) is 0.293. The van der Waals surface area contributed by atoms with Gasteiger partial charge in [-0.25, -0.2) is 4.39 Å². The van der Waals surface area contributed by atoms with Crippen LogP contribution in [0.3, 0.4) is 0 Å². The zero-order chi connectivity index (χ0) is 14.3. The largest absolute Gasteiger partial charge is 0.485 e. The van der Waals surface area contributed by atoms with E-state index in [9.17, 15) is 4.39 Å². The molecule has 2 N–H and O–H groups in total. The van der Waals surface area contributed by atoms with Crippen molar-refractivity contribution in [3.8, 4) is 5.75 Å². The lowest BCUT2D eigenvalue weighted by atomic mass is 9.93. The van der Waals surface area contributed by atoms with Gasteiger partial charge in [0.05, 0.1) is 0 Å². The van der Waals surface area contributed by atoms with Gasteiger partial charge < -0.3 is 10.5 Å². The molecule has 2 nitrogen and oxygen atoms in total. The Balaban J connectivity index is 1.99. The van der Waals surface area contributed by atoms with Gasteiger partial charge in [-0.1, -0.05) is 23.2 Å². The van der Waals surface area contributed by atoms with Gasteiger partial charge in [0.1, 0.15) is 17.7 Å². The van der Waals surface area contributed by atoms with Crippen molar-refractivity contribution in [2.24, 2.45) is 5.73 Å². The van der Waals surface area contributed by atoms with Gasteiger partial charge in [0, 0.05) is 33.6 Å². The van der Waals surface area contributed by atoms with Gasteiger partial charge in [-0.3, -0.25) is 0 Å². The SMILES string of the molecule is N[C@@H]1CC(c2cc(Cl)ccc2F)Oc2ccc(Cl)cc21. The molecular weight excluding hydrogens is 300 g/mol. The Kier molecular flexibility index (Phi) is 3.59. The summed E-state index contributed by atoms with van der Waals surface area (Å²) in [5.41, 5.74) is 7.41. The van der Waals surface area contributed by atoms with Gasteiger partial charge in [-0.2, -0.15) is 0 Å². The second kappa shape index (κ2) is 5.24. The van der Waals surface area contributed by atoms with E-state index in [2.05, 4.69) is 0 Å². The van der Waals surface area contributed by atoms with E-state index in [0.717, 1.165) is 5.56 Å². The van der Waals surface area contributed by atoms with E-state index in [1.165, 1.54) is 12.1 Å². The van der Waals surface area contributed by atoms with Gasteiger partial charge in [0.25, 0.3) is 0 Å². The van der Waals surface area contributed by atoms with Crippen molar-refractivity contribution >= 4 is 23.2 Å². The van der Waals surface area contributed by atoms with Crippen LogP contribution in [-0.2, 0) is 0 Å². The van der Waals surface area contributed by atoms with E-state index < -0.39 is 6.10 Å². The maximum absolute atomic E-state index is 13.9. The number of nitrogens with two attached hydrogens (primary N) is 1. The number of hydrogen-bond donors (Lipinski definition) is 1. The topological polar surface area (TPSA) is 35.2 Å². The molecule has 1 unspecified atom stereocenters. The van der Waals surface area contributed by atoms with Crippen LogP contribution in [0, 0.1) is 5.82 Å². The van der Waals surface area contributed by atoms with Crippen molar-refractivity contribution in [1.29, 1.82) is 0 Å². The Morgan fingerprint density at radius 3 is 2.45 bits per heavy atom. The van der Waals surface area contributed by atoms with Crippen molar-refractivity contribution in [2.75, 3.05) is 0 Å². The van der Waals surface area contributed by atoms with Gasteiger partial charge in [-0.15, -0.1) is 0 Å². The van der Waals surface area contributed by atoms with Crippen LogP contribution in [0.15, 0.2) is 36.4 Å². The summed E-state index contributed by atoms with van der Waals surface area (Å²) in [5, 5.41) is 1.08. The molecular formula is C15H12Cl2FNO. The summed E-state index contributed by atoms with van der Waals surface area (Å²) in [7, 11) is 0. The molecule has 2 aromatic carbocycles. The minimum absolute atomic E-state index is 0.249. The first-order chi connectivity index (χ1) is 9.54. The third-order valence-electron chi connectivity index (χ3n) is 3.41. The number of ether oxygens (including phenoxy) is 1. The number of rotatable bonds is 1. The molecule has 0 amide bonds. The molecule has 20 heavy (non-hydrogen) atoms. The Bertz CT molecular complexity index is 662. The Hall–Kier alpha value is -1.29. The molecule has 0 radical (unpaired) electrons. The summed E-state index contributed by atoms with van der Waals surface area (Å²) in [6.07, 6.45) is 0.0299. The highest BCUT2D eigenvalue weighted by atomic mass is 35.5. The van der Waals surface area contributed by atoms with Crippen molar-refractivity contribution in [2.45, 2.75) is 18.6 Å². The summed E-state index contributed by atoms with van der Waals surface area (Å²) in [4.78, 5) is 0. The Labute approximate surface area is 126 Å². The molecule has 1 heterocycles. The second-order valence-electron chi connectivity index (χ2n) is 4.80. The van der Waals surface area contributed by atoms with Crippen LogP contribution >= 0.6 is 23.2 Å². The summed E-state index contributed by atoms with van der Waals surface area (Å²) in [6, 6.07) is 9.44. The predicted octanol–water partition coefficient (Wildman–Crippen LogP) is 4.66. The fourth-order valence-electron chi connectivity index (χ4n) is 2.43. The molecule has 0 fully saturated rings. The molecule has 0 aliphatic carbocycles. The number of hydrogen-bond acceptors (Lipinski definition) is 2. The third-order valence-corrected chi connectivity index (χ3v) is 3.88. The van der Waals surface area contributed by atoms with Crippen LogP contribution in [0.1, 0.15) is 29.7 Å². The van der Waals surface area contributed by atoms with Gasteiger partial charge in [-0.05, 0) is 36.4 Å². The molecule has 5 heteroatoms. The minimum Gasteiger partial charge on any atom is -0.485 e. The maximum atomic E-state index is 13.9. The molecule has 104 valence electrons. The molecule has 1 aliphatic heterocycles. The molecule has 0 bridgehead atoms. The fraction of sp³-hybridized carbons (Fsp3) is 0.200. The minimum atomic E-state index is -0.447. The smallest absolute Gasteiger partial charge is 0.130 e. The monoisotopic (exact) mass is 311 g/mol. The molecule has 0 aromatic heterocycles. The van der Waals surface area contributed by atoms with Crippen LogP contribution in [-0.4, -0.2) is 0 Å². The average Bonchev–Trinajstić information content (AvgIpc) is 2.42. The van der Waals surface area contributed by atoms with E-state index in [-0.39, 0.29) is 11.9 Å². The predicted molar refractivity (Wildman–Crippen MR) is 77.8 cm³/mol. The average molecular weight is 312 g/mol. The van der Waals surface area contributed by atoms with Crippen LogP contribution in [0.25, 0.3) is 0 Å². The Morgan fingerprint density at radius 2 is 1.70 bits per heavy atom. The highest BCUT2D eigenvalue weighted by Crippen LogP contribution is 2.41. The first kappa shape index (κ1) is 13.7. The first-order valence-corrected chi connectivity index (χ1v) is 6.97. The highest BCUT2D eigenvalue weighted by Gasteiger charge is 2.29. The van der Waals surface area contributed by atoms with Gasteiger partial charge >= 0.3 is 0 Å². The van der Waals surface area contributed by atoms with Crippen molar-refractivity contribution in [3.63, 3.8) is 0 Å². The lowest BCUT2D eigenvalue weighted by molar-refractivity contribution is 0.157. The maximum Gasteiger partial charge on any atom is 0.130 e. The van der Waals surface area contributed by atoms with E-state index in [0.29, 0.717) is 27.8 Å². The lowest BCUT2D eigenvalue weighted by Crippen LogP contribution is -2.24. The third kappa shape index (κ3) is 2.49. The van der Waals surface area contributed by atoms with Crippen molar-refractivity contribution in [1.82, 2.24) is 0 Å². The molecule has 1 aliphatic rings. The van der Waals surface area contributed by atoms with Gasteiger partial charge in [0.15, 0.2) is 0 Å². The van der Waals surface area contributed by atoms with Crippen molar-refractivity contribution < 1.29 is 9.13 Å². The quantitative estimate of drug-likeness (QED) is 0.831. The number of halogens is 3. The molecule has 2 atom stereocenters. The number of benzene rings is 2. The highest BCUT2D eigenvalue weighted by molar-refractivity contribution is 6.31. The van der Waals surface area contributed by atoms with Crippen LogP contribution in [0.2, 0.25) is 10.0 Å². The van der Waals surface area contributed by atoms with E-state index in [4.69, 9.17) is 33.7 Å². The normalized spacial score (nSPS) is 21.2. The molecule has 0 spiro atoms. The van der Waals surface area contributed by atoms with Crippen LogP contribution in [0.4, 0.5) is 4.39 Å². The van der Waals surface area contributed by atoms with Gasteiger partial charge in [0.2, 0.25) is 0 Å².